The molecule has 1 saturated heterocycles. The summed E-state index contributed by atoms with van der Waals surface area (Å²) in [4.78, 5) is 14.8. The number of guanidine groups is 1. The van der Waals surface area contributed by atoms with Gasteiger partial charge in [-0.3, -0.25) is 15.1 Å². The van der Waals surface area contributed by atoms with Crippen LogP contribution in [0, 0.1) is 17.2 Å². The van der Waals surface area contributed by atoms with Gasteiger partial charge in [-0.2, -0.15) is 0 Å². The minimum absolute atomic E-state index is 0.0978. The molecule has 170 valence electrons. The van der Waals surface area contributed by atoms with Crippen LogP contribution < -0.4 is 5.32 Å². The Morgan fingerprint density at radius 2 is 1.81 bits per heavy atom. The molecule has 1 aliphatic heterocycles. The van der Waals surface area contributed by atoms with Gasteiger partial charge in [0, 0.05) is 7.05 Å². The van der Waals surface area contributed by atoms with Crippen molar-refractivity contribution in [3.05, 3.63) is 35.9 Å². The van der Waals surface area contributed by atoms with Crippen LogP contribution in [0.5, 0.6) is 0 Å². The van der Waals surface area contributed by atoms with Crippen LogP contribution in [0.15, 0.2) is 30.3 Å². The van der Waals surface area contributed by atoms with Gasteiger partial charge < -0.3 is 10.1 Å². The highest BCUT2D eigenvalue weighted by Crippen LogP contribution is 2.39. The first kappa shape index (κ1) is 22.3. The van der Waals surface area contributed by atoms with Gasteiger partial charge in [-0.25, -0.2) is 0 Å². The normalized spacial score (nSPS) is 29.9. The summed E-state index contributed by atoms with van der Waals surface area (Å²) in [5, 5.41) is 11.6. The third-order valence-corrected chi connectivity index (χ3v) is 7.81. The third kappa shape index (κ3) is 5.49. The van der Waals surface area contributed by atoms with E-state index >= 15 is 0 Å². The van der Waals surface area contributed by atoms with Crippen molar-refractivity contribution in [2.45, 2.75) is 95.3 Å². The number of hydrogen-bond acceptors (Lipinski definition) is 3. The second-order valence-corrected chi connectivity index (χ2v) is 10.1. The molecule has 4 rings (SSSR count). The maximum atomic E-state index is 13.3. The Labute approximate surface area is 187 Å². The average Bonchev–Trinajstić information content (AvgIpc) is 3.01. The minimum Gasteiger partial charge on any atom is -0.374 e. The predicted molar refractivity (Wildman–Crippen MR) is 124 cm³/mol. The molecule has 0 bridgehead atoms. The van der Waals surface area contributed by atoms with E-state index in [1.165, 1.54) is 42.6 Å². The molecule has 1 aromatic rings. The van der Waals surface area contributed by atoms with Crippen LogP contribution >= 0.6 is 0 Å². The van der Waals surface area contributed by atoms with Crippen LogP contribution in [-0.4, -0.2) is 35.5 Å². The Bertz CT molecular complexity index is 746. The van der Waals surface area contributed by atoms with E-state index in [0.29, 0.717) is 12.5 Å². The lowest BCUT2D eigenvalue weighted by Crippen LogP contribution is -2.49. The van der Waals surface area contributed by atoms with Crippen molar-refractivity contribution >= 4 is 11.9 Å². The molecule has 0 aromatic heterocycles. The molecule has 3 fully saturated rings. The number of rotatable bonds is 8. The van der Waals surface area contributed by atoms with E-state index in [2.05, 4.69) is 29.6 Å². The van der Waals surface area contributed by atoms with E-state index in [1.54, 1.807) is 7.05 Å². The van der Waals surface area contributed by atoms with Gasteiger partial charge in [-0.05, 0) is 49.5 Å². The summed E-state index contributed by atoms with van der Waals surface area (Å²) < 4.78 is 6.26. The van der Waals surface area contributed by atoms with E-state index in [-0.39, 0.29) is 18.0 Å². The zero-order chi connectivity index (χ0) is 21.7. The Morgan fingerprint density at radius 1 is 1.06 bits per heavy atom. The van der Waals surface area contributed by atoms with E-state index in [9.17, 15) is 4.79 Å². The van der Waals surface area contributed by atoms with Crippen molar-refractivity contribution in [2.24, 2.45) is 11.8 Å². The van der Waals surface area contributed by atoms with Crippen molar-refractivity contribution in [1.29, 1.82) is 5.41 Å². The molecular formula is C26H39N3O2. The Hall–Kier alpha value is -1.88. The third-order valence-electron chi connectivity index (χ3n) is 7.81. The van der Waals surface area contributed by atoms with Crippen LogP contribution in [0.1, 0.15) is 82.6 Å². The summed E-state index contributed by atoms with van der Waals surface area (Å²) in [5.41, 5.74) is 0.631. The maximum absolute atomic E-state index is 13.3. The molecular weight excluding hydrogens is 386 g/mol. The molecule has 2 saturated carbocycles. The molecule has 1 amide bonds. The quantitative estimate of drug-likeness (QED) is 0.598. The summed E-state index contributed by atoms with van der Waals surface area (Å²) in [7, 11) is 1.74. The van der Waals surface area contributed by atoms with Crippen molar-refractivity contribution < 1.29 is 9.53 Å². The fourth-order valence-corrected chi connectivity index (χ4v) is 5.98. The SMILES string of the molecule is CN1C(=N)N[C@](CCC2CCCCC2)(C[C@H]2CCC[C@H](OCc3ccccc3)C2)C1=O. The van der Waals surface area contributed by atoms with Crippen LogP contribution in [0.4, 0.5) is 0 Å². The lowest BCUT2D eigenvalue weighted by Gasteiger charge is -2.36. The smallest absolute Gasteiger partial charge is 0.254 e. The highest BCUT2D eigenvalue weighted by Gasteiger charge is 2.49. The number of hydrogen-bond donors (Lipinski definition) is 2. The highest BCUT2D eigenvalue weighted by atomic mass is 16.5. The Kier molecular flexibility index (Phi) is 7.31. The molecule has 3 aliphatic rings. The van der Waals surface area contributed by atoms with Gasteiger partial charge in [0.1, 0.15) is 5.54 Å². The number of ether oxygens (including phenoxy) is 1. The van der Waals surface area contributed by atoms with Crippen molar-refractivity contribution in [3.8, 4) is 0 Å². The second kappa shape index (κ2) is 10.2. The second-order valence-electron chi connectivity index (χ2n) is 10.1. The number of amides is 1. The molecule has 1 heterocycles. The van der Waals surface area contributed by atoms with Gasteiger partial charge in [0.25, 0.3) is 5.91 Å². The molecule has 31 heavy (non-hydrogen) atoms. The molecule has 2 N–H and O–H groups in total. The van der Waals surface area contributed by atoms with Crippen molar-refractivity contribution in [1.82, 2.24) is 10.2 Å². The molecule has 3 atom stereocenters. The van der Waals surface area contributed by atoms with Crippen LogP contribution in [0.2, 0.25) is 0 Å². The Balaban J connectivity index is 1.37. The van der Waals surface area contributed by atoms with E-state index in [0.717, 1.165) is 50.9 Å². The lowest BCUT2D eigenvalue weighted by atomic mass is 9.74. The fraction of sp³-hybridized carbons (Fsp3) is 0.692. The lowest BCUT2D eigenvalue weighted by molar-refractivity contribution is -0.131. The number of carbonyl (C=O) groups excluding carboxylic acids is 1. The molecule has 5 heteroatoms. The van der Waals surface area contributed by atoms with Crippen molar-refractivity contribution in [3.63, 3.8) is 0 Å². The molecule has 1 aromatic carbocycles. The van der Waals surface area contributed by atoms with E-state index < -0.39 is 5.54 Å². The zero-order valence-electron chi connectivity index (χ0n) is 19.1. The van der Waals surface area contributed by atoms with E-state index in [1.807, 2.05) is 6.07 Å². The molecule has 5 nitrogen and oxygen atoms in total. The number of nitrogens with zero attached hydrogens (tertiary/aromatic N) is 1. The van der Waals surface area contributed by atoms with Gasteiger partial charge >= 0.3 is 0 Å². The number of carbonyl (C=O) groups is 1. The van der Waals surface area contributed by atoms with Gasteiger partial charge in [0.2, 0.25) is 0 Å². The van der Waals surface area contributed by atoms with Gasteiger partial charge in [-0.15, -0.1) is 0 Å². The summed E-state index contributed by atoms with van der Waals surface area (Å²) in [6, 6.07) is 10.4. The summed E-state index contributed by atoms with van der Waals surface area (Å²) in [6.45, 7) is 0.662. The number of likely N-dealkylation sites (N-methyl/N-ethyl adjacent to an activating group) is 1. The van der Waals surface area contributed by atoms with E-state index in [4.69, 9.17) is 10.1 Å². The van der Waals surface area contributed by atoms with Crippen LogP contribution in [0.3, 0.4) is 0 Å². The first-order valence-electron chi connectivity index (χ1n) is 12.4. The van der Waals surface area contributed by atoms with Crippen molar-refractivity contribution in [2.75, 3.05) is 7.05 Å². The topological polar surface area (TPSA) is 65.4 Å². The molecule has 0 spiro atoms. The summed E-state index contributed by atoms with van der Waals surface area (Å²) in [6.07, 6.45) is 14.1. The predicted octanol–water partition coefficient (Wildman–Crippen LogP) is 5.25. The zero-order valence-corrected chi connectivity index (χ0v) is 19.1. The minimum atomic E-state index is -0.588. The standard InChI is InChI=1S/C26H39N3O2/c1-29-24(30)26(28-25(29)27,16-15-20-9-4-2-5-10-20)18-22-13-8-14-23(17-22)31-19-21-11-6-3-7-12-21/h3,6-7,11-12,20,22-23H,2,4-5,8-10,13-19H2,1H3,(H2,27,28)/t22-,23-,26+/m0/s1. The average molecular weight is 426 g/mol. The first-order valence-corrected chi connectivity index (χ1v) is 12.4. The van der Waals surface area contributed by atoms with Crippen LogP contribution in [0.25, 0.3) is 0 Å². The maximum Gasteiger partial charge on any atom is 0.254 e. The summed E-state index contributed by atoms with van der Waals surface area (Å²) >= 11 is 0. The first-order chi connectivity index (χ1) is 15.1. The summed E-state index contributed by atoms with van der Waals surface area (Å²) in [5.74, 6) is 1.58. The number of nitrogens with one attached hydrogen (secondary N) is 2. The van der Waals surface area contributed by atoms with Gasteiger partial charge in [-0.1, -0.05) is 75.3 Å². The fourth-order valence-electron chi connectivity index (χ4n) is 5.98. The Morgan fingerprint density at radius 3 is 2.52 bits per heavy atom. The molecule has 0 radical (unpaired) electrons. The highest BCUT2D eigenvalue weighted by molar-refractivity contribution is 6.07. The van der Waals surface area contributed by atoms with Crippen LogP contribution in [-0.2, 0) is 16.1 Å². The molecule has 0 unspecified atom stereocenters. The monoisotopic (exact) mass is 425 g/mol. The van der Waals surface area contributed by atoms with Gasteiger partial charge in [0.15, 0.2) is 5.96 Å². The molecule has 2 aliphatic carbocycles. The number of benzene rings is 1. The van der Waals surface area contributed by atoms with Gasteiger partial charge in [0.05, 0.1) is 12.7 Å². The largest absolute Gasteiger partial charge is 0.374 e.